The van der Waals surface area contributed by atoms with E-state index in [9.17, 15) is 4.79 Å². The Morgan fingerprint density at radius 3 is 2.58 bits per heavy atom. The second-order valence-corrected chi connectivity index (χ2v) is 4.38. The summed E-state index contributed by atoms with van der Waals surface area (Å²) in [4.78, 5) is 15.6. The van der Waals surface area contributed by atoms with Crippen LogP contribution in [0.4, 0.5) is 0 Å². The third kappa shape index (κ3) is 2.65. The molecule has 2 rings (SSSR count). The largest absolute Gasteiger partial charge is 0.452 e. The lowest BCUT2D eigenvalue weighted by atomic mass is 10.2. The second kappa shape index (κ2) is 5.22. The summed E-state index contributed by atoms with van der Waals surface area (Å²) in [6, 6.07) is 3.43. The first-order valence-corrected chi connectivity index (χ1v) is 6.20. The van der Waals surface area contributed by atoms with Crippen molar-refractivity contribution in [3.05, 3.63) is 35.4 Å². The Labute approximate surface area is 112 Å². The maximum absolute atomic E-state index is 11.5. The van der Waals surface area contributed by atoms with E-state index in [2.05, 4.69) is 10.1 Å². The van der Waals surface area contributed by atoms with Gasteiger partial charge in [0.25, 0.3) is 0 Å². The van der Waals surface area contributed by atoms with Crippen LogP contribution in [0.15, 0.2) is 18.3 Å². The van der Waals surface area contributed by atoms with E-state index in [0.717, 1.165) is 17.1 Å². The Kier molecular flexibility index (Phi) is 3.64. The zero-order valence-electron chi connectivity index (χ0n) is 11.6. The molecule has 0 bridgehead atoms. The smallest absolute Gasteiger partial charge is 0.180 e. The van der Waals surface area contributed by atoms with Gasteiger partial charge in [-0.25, -0.2) is 4.98 Å². The second-order valence-electron chi connectivity index (χ2n) is 4.38. The van der Waals surface area contributed by atoms with E-state index >= 15 is 0 Å². The van der Waals surface area contributed by atoms with Crippen molar-refractivity contribution in [2.24, 2.45) is 7.05 Å². The van der Waals surface area contributed by atoms with Crippen molar-refractivity contribution >= 4 is 5.78 Å². The van der Waals surface area contributed by atoms with E-state index in [1.165, 1.54) is 0 Å². The van der Waals surface area contributed by atoms with Crippen molar-refractivity contribution in [1.82, 2.24) is 14.8 Å². The van der Waals surface area contributed by atoms with Crippen molar-refractivity contribution in [2.45, 2.75) is 27.2 Å². The number of ether oxygens (including phenoxy) is 1. The Balaban J connectivity index is 2.22. The molecule has 0 fully saturated rings. The Morgan fingerprint density at radius 2 is 2.11 bits per heavy atom. The van der Waals surface area contributed by atoms with Crippen molar-refractivity contribution in [3.63, 3.8) is 0 Å². The fourth-order valence-corrected chi connectivity index (χ4v) is 1.81. The van der Waals surface area contributed by atoms with Gasteiger partial charge in [-0.3, -0.25) is 9.48 Å². The van der Waals surface area contributed by atoms with Gasteiger partial charge in [-0.05, 0) is 26.0 Å². The fourth-order valence-electron chi connectivity index (χ4n) is 1.81. The van der Waals surface area contributed by atoms with E-state index in [1.807, 2.05) is 27.8 Å². The van der Waals surface area contributed by atoms with Gasteiger partial charge in [0.15, 0.2) is 11.5 Å². The van der Waals surface area contributed by atoms with Gasteiger partial charge in [-0.2, -0.15) is 5.10 Å². The number of Topliss-reactive ketones (excluding diaryl/α,β-unsaturated/α-hetero) is 1. The standard InChI is InChI=1S/C14H17N3O2/c1-5-13(18)12-7-6-11(8-15-12)19-14-9(2)16-17(4)10(14)3/h6-8H,5H2,1-4H3. The highest BCUT2D eigenvalue weighted by atomic mass is 16.5. The highest BCUT2D eigenvalue weighted by Gasteiger charge is 2.12. The highest BCUT2D eigenvalue weighted by molar-refractivity contribution is 5.93. The van der Waals surface area contributed by atoms with Gasteiger partial charge in [0, 0.05) is 13.5 Å². The number of hydrogen-bond donors (Lipinski definition) is 0. The molecule has 2 aromatic rings. The Morgan fingerprint density at radius 1 is 1.37 bits per heavy atom. The van der Waals surface area contributed by atoms with Gasteiger partial charge in [-0.15, -0.1) is 0 Å². The van der Waals surface area contributed by atoms with Crippen LogP contribution in [0.2, 0.25) is 0 Å². The van der Waals surface area contributed by atoms with Crippen LogP contribution in [0, 0.1) is 13.8 Å². The summed E-state index contributed by atoms with van der Waals surface area (Å²) in [6.07, 6.45) is 2.02. The van der Waals surface area contributed by atoms with Crippen LogP contribution in [-0.2, 0) is 7.05 Å². The number of pyridine rings is 1. The molecule has 0 aliphatic heterocycles. The molecule has 0 aliphatic carbocycles. The summed E-state index contributed by atoms with van der Waals surface area (Å²) >= 11 is 0. The van der Waals surface area contributed by atoms with Gasteiger partial charge in [0.1, 0.15) is 17.1 Å². The summed E-state index contributed by atoms with van der Waals surface area (Å²) < 4.78 is 7.54. The number of aryl methyl sites for hydroxylation is 2. The first-order valence-electron chi connectivity index (χ1n) is 6.20. The lowest BCUT2D eigenvalue weighted by Gasteiger charge is -2.06. The molecule has 0 spiro atoms. The number of nitrogens with zero attached hydrogens (tertiary/aromatic N) is 3. The molecular weight excluding hydrogens is 242 g/mol. The lowest BCUT2D eigenvalue weighted by Crippen LogP contribution is -1.99. The molecule has 2 heterocycles. The van der Waals surface area contributed by atoms with Gasteiger partial charge >= 0.3 is 0 Å². The van der Waals surface area contributed by atoms with E-state index in [4.69, 9.17) is 4.74 Å². The third-order valence-corrected chi connectivity index (χ3v) is 3.01. The number of ketones is 1. The van der Waals surface area contributed by atoms with Crippen LogP contribution in [0.1, 0.15) is 35.2 Å². The van der Waals surface area contributed by atoms with Gasteiger partial charge in [-0.1, -0.05) is 6.92 Å². The fraction of sp³-hybridized carbons (Fsp3) is 0.357. The van der Waals surface area contributed by atoms with Crippen molar-refractivity contribution < 1.29 is 9.53 Å². The SMILES string of the molecule is CCC(=O)c1ccc(Oc2c(C)nn(C)c2C)cn1. The molecule has 2 aromatic heterocycles. The first-order chi connectivity index (χ1) is 9.02. The summed E-state index contributed by atoms with van der Waals surface area (Å²) in [6.45, 7) is 5.65. The molecule has 0 radical (unpaired) electrons. The molecule has 0 N–H and O–H groups in total. The molecule has 0 atom stereocenters. The molecule has 5 nitrogen and oxygen atoms in total. The number of carbonyl (C=O) groups excluding carboxylic acids is 1. The summed E-state index contributed by atoms with van der Waals surface area (Å²) in [5.41, 5.74) is 2.24. The van der Waals surface area contributed by atoms with Crippen LogP contribution in [0.25, 0.3) is 0 Å². The highest BCUT2D eigenvalue weighted by Crippen LogP contribution is 2.27. The average Bonchev–Trinajstić information content (AvgIpc) is 2.65. The van der Waals surface area contributed by atoms with Crippen molar-refractivity contribution in [1.29, 1.82) is 0 Å². The van der Waals surface area contributed by atoms with E-state index in [-0.39, 0.29) is 5.78 Å². The van der Waals surface area contributed by atoms with Crippen LogP contribution in [0.5, 0.6) is 11.5 Å². The third-order valence-electron chi connectivity index (χ3n) is 3.01. The van der Waals surface area contributed by atoms with Crippen molar-refractivity contribution in [3.8, 4) is 11.5 Å². The molecule has 100 valence electrons. The molecule has 0 unspecified atom stereocenters. The molecule has 0 saturated carbocycles. The van der Waals surface area contributed by atoms with E-state index < -0.39 is 0 Å². The summed E-state index contributed by atoms with van der Waals surface area (Å²) in [5, 5.41) is 4.28. The molecule has 5 heteroatoms. The van der Waals surface area contributed by atoms with Gasteiger partial charge < -0.3 is 4.74 Å². The zero-order valence-corrected chi connectivity index (χ0v) is 11.6. The van der Waals surface area contributed by atoms with E-state index in [0.29, 0.717) is 17.9 Å². The minimum absolute atomic E-state index is 0.0280. The maximum Gasteiger partial charge on any atom is 0.180 e. The molecule has 19 heavy (non-hydrogen) atoms. The molecule has 0 saturated heterocycles. The quantitative estimate of drug-likeness (QED) is 0.792. The van der Waals surface area contributed by atoms with Crippen LogP contribution >= 0.6 is 0 Å². The normalized spacial score (nSPS) is 10.5. The number of aromatic nitrogens is 3. The Bertz CT molecular complexity index is 600. The topological polar surface area (TPSA) is 57.0 Å². The molecule has 0 aliphatic rings. The lowest BCUT2D eigenvalue weighted by molar-refractivity contribution is 0.0983. The van der Waals surface area contributed by atoms with Gasteiger partial charge in [0.2, 0.25) is 0 Å². The van der Waals surface area contributed by atoms with E-state index in [1.54, 1.807) is 23.0 Å². The van der Waals surface area contributed by atoms with Gasteiger partial charge in [0.05, 0.1) is 11.9 Å². The summed E-state index contributed by atoms with van der Waals surface area (Å²) in [7, 11) is 1.87. The Hall–Kier alpha value is -2.17. The first kappa shape index (κ1) is 13.3. The summed E-state index contributed by atoms with van der Waals surface area (Å²) in [5.74, 6) is 1.37. The number of rotatable bonds is 4. The van der Waals surface area contributed by atoms with Crippen LogP contribution in [0.3, 0.4) is 0 Å². The number of carbonyl (C=O) groups is 1. The average molecular weight is 259 g/mol. The molecule has 0 amide bonds. The maximum atomic E-state index is 11.5. The predicted octanol–water partition coefficient (Wildman–Crippen LogP) is 2.82. The predicted molar refractivity (Wildman–Crippen MR) is 71.6 cm³/mol. The van der Waals surface area contributed by atoms with Crippen LogP contribution in [-0.4, -0.2) is 20.5 Å². The molecular formula is C14H17N3O2. The zero-order chi connectivity index (χ0) is 14.0. The van der Waals surface area contributed by atoms with Crippen LogP contribution < -0.4 is 4.74 Å². The molecule has 0 aromatic carbocycles. The minimum Gasteiger partial charge on any atom is -0.452 e. The van der Waals surface area contributed by atoms with Crippen molar-refractivity contribution in [2.75, 3.05) is 0 Å². The number of hydrogen-bond acceptors (Lipinski definition) is 4. The minimum atomic E-state index is 0.0280. The monoisotopic (exact) mass is 259 g/mol.